The second kappa shape index (κ2) is 5.34. The molecule has 96 valence electrons. The smallest absolute Gasteiger partial charge is 0.311 e. The molecule has 1 aromatic rings. The van der Waals surface area contributed by atoms with Crippen LogP contribution in [0.25, 0.3) is 0 Å². The Balaban J connectivity index is 2.51. The summed E-state index contributed by atoms with van der Waals surface area (Å²) in [6.45, 7) is 8.77. The summed E-state index contributed by atoms with van der Waals surface area (Å²) in [5.74, 6) is 0.648. The van der Waals surface area contributed by atoms with Crippen LogP contribution < -0.4 is 0 Å². The first kappa shape index (κ1) is 13.7. The number of hydrogen-bond acceptors (Lipinski definition) is 3. The van der Waals surface area contributed by atoms with Crippen molar-refractivity contribution in [2.75, 3.05) is 0 Å². The normalized spacial score (nSPS) is 13.6. The molecule has 17 heavy (non-hydrogen) atoms. The minimum Gasteiger partial charge on any atom is -0.481 e. The Kier molecular flexibility index (Phi) is 4.32. The fraction of sp³-hybridized carbons (Fsp3) is 0.692. The molecule has 0 saturated heterocycles. The van der Waals surface area contributed by atoms with E-state index in [-0.39, 0.29) is 11.8 Å². The van der Waals surface area contributed by atoms with Crippen molar-refractivity contribution in [2.24, 2.45) is 11.3 Å². The van der Waals surface area contributed by atoms with Crippen LogP contribution in [0.3, 0.4) is 0 Å². The van der Waals surface area contributed by atoms with E-state index in [0.717, 1.165) is 12.8 Å². The SMILES string of the molecule is CC(Cc1ncc(CC(=O)O)o1)CC(C)(C)C. The quantitative estimate of drug-likeness (QED) is 0.858. The van der Waals surface area contributed by atoms with Crippen LogP contribution in [0.4, 0.5) is 0 Å². The molecule has 1 unspecified atom stereocenters. The number of oxazole rings is 1. The Hall–Kier alpha value is -1.32. The van der Waals surface area contributed by atoms with E-state index < -0.39 is 5.97 Å². The Bertz CT molecular complexity index is 376. The van der Waals surface area contributed by atoms with Crippen LogP contribution in [0.2, 0.25) is 0 Å². The molecule has 1 aromatic heterocycles. The number of hydrogen-bond donors (Lipinski definition) is 1. The van der Waals surface area contributed by atoms with E-state index >= 15 is 0 Å². The molecule has 0 aliphatic heterocycles. The zero-order valence-corrected chi connectivity index (χ0v) is 11.0. The van der Waals surface area contributed by atoms with Crippen molar-refractivity contribution in [1.82, 2.24) is 4.98 Å². The maximum Gasteiger partial charge on any atom is 0.311 e. The highest BCUT2D eigenvalue weighted by atomic mass is 16.4. The van der Waals surface area contributed by atoms with Gasteiger partial charge in [0.25, 0.3) is 0 Å². The highest BCUT2D eigenvalue weighted by Gasteiger charge is 2.17. The number of nitrogens with zero attached hydrogens (tertiary/aromatic N) is 1. The summed E-state index contributed by atoms with van der Waals surface area (Å²) in [6, 6.07) is 0. The van der Waals surface area contributed by atoms with Gasteiger partial charge in [-0.25, -0.2) is 4.98 Å². The third kappa shape index (κ3) is 5.52. The lowest BCUT2D eigenvalue weighted by Crippen LogP contribution is -2.12. The summed E-state index contributed by atoms with van der Waals surface area (Å²) in [5.41, 5.74) is 0.288. The van der Waals surface area contributed by atoms with E-state index in [1.165, 1.54) is 6.20 Å². The van der Waals surface area contributed by atoms with Crippen molar-refractivity contribution in [1.29, 1.82) is 0 Å². The molecule has 1 heterocycles. The van der Waals surface area contributed by atoms with E-state index in [9.17, 15) is 4.79 Å². The van der Waals surface area contributed by atoms with E-state index in [1.807, 2.05) is 0 Å². The molecule has 1 N–H and O–H groups in total. The third-order valence-corrected chi connectivity index (χ3v) is 2.41. The van der Waals surface area contributed by atoms with Crippen molar-refractivity contribution in [2.45, 2.75) is 47.0 Å². The highest BCUT2D eigenvalue weighted by Crippen LogP contribution is 2.26. The van der Waals surface area contributed by atoms with E-state index in [4.69, 9.17) is 9.52 Å². The topological polar surface area (TPSA) is 63.3 Å². The summed E-state index contributed by atoms with van der Waals surface area (Å²) in [4.78, 5) is 14.6. The van der Waals surface area contributed by atoms with Crippen LogP contribution in [-0.4, -0.2) is 16.1 Å². The Labute approximate surface area is 102 Å². The van der Waals surface area contributed by atoms with Crippen molar-refractivity contribution in [3.63, 3.8) is 0 Å². The number of carboxylic acids is 1. The first-order chi connectivity index (χ1) is 7.76. The fourth-order valence-electron chi connectivity index (χ4n) is 2.09. The molecule has 0 radical (unpaired) electrons. The second-order valence-corrected chi connectivity index (χ2v) is 5.86. The average molecular weight is 239 g/mol. The molecule has 0 aromatic carbocycles. The number of aromatic nitrogens is 1. The predicted octanol–water partition coefficient (Wildman–Crippen LogP) is 2.92. The van der Waals surface area contributed by atoms with Gasteiger partial charge in [0.2, 0.25) is 0 Å². The molecule has 0 aliphatic carbocycles. The summed E-state index contributed by atoms with van der Waals surface area (Å²) in [7, 11) is 0. The largest absolute Gasteiger partial charge is 0.481 e. The molecule has 4 nitrogen and oxygen atoms in total. The molecule has 0 amide bonds. The first-order valence-electron chi connectivity index (χ1n) is 5.91. The van der Waals surface area contributed by atoms with Crippen LogP contribution >= 0.6 is 0 Å². The molecular formula is C13H21NO3. The van der Waals surface area contributed by atoms with Crippen LogP contribution in [0.1, 0.15) is 45.8 Å². The molecule has 1 rings (SSSR count). The molecule has 0 saturated carbocycles. The molecule has 0 fully saturated rings. The predicted molar refractivity (Wildman–Crippen MR) is 64.8 cm³/mol. The van der Waals surface area contributed by atoms with Crippen molar-refractivity contribution < 1.29 is 14.3 Å². The van der Waals surface area contributed by atoms with Crippen LogP contribution in [0, 0.1) is 11.3 Å². The standard InChI is InChI=1S/C13H21NO3/c1-9(7-13(2,3)4)5-11-14-8-10(17-11)6-12(15)16/h8-9H,5-7H2,1-4H3,(H,15,16). The highest BCUT2D eigenvalue weighted by molar-refractivity contribution is 5.69. The minimum atomic E-state index is -0.893. The lowest BCUT2D eigenvalue weighted by molar-refractivity contribution is -0.136. The zero-order chi connectivity index (χ0) is 13.1. The Morgan fingerprint density at radius 1 is 1.53 bits per heavy atom. The minimum absolute atomic E-state index is 0.0966. The summed E-state index contributed by atoms with van der Waals surface area (Å²) in [6.07, 6.45) is 3.26. The molecule has 0 bridgehead atoms. The first-order valence-corrected chi connectivity index (χ1v) is 5.91. The van der Waals surface area contributed by atoms with Gasteiger partial charge in [0.1, 0.15) is 12.2 Å². The second-order valence-electron chi connectivity index (χ2n) is 5.86. The summed E-state index contributed by atoms with van der Waals surface area (Å²) < 4.78 is 5.39. The van der Waals surface area contributed by atoms with Crippen molar-refractivity contribution in [3.05, 3.63) is 17.8 Å². The molecule has 0 aliphatic rings. The van der Waals surface area contributed by atoms with E-state index in [2.05, 4.69) is 32.7 Å². The number of rotatable bonds is 5. The maximum atomic E-state index is 10.5. The molecule has 1 atom stereocenters. The maximum absolute atomic E-state index is 10.5. The van der Waals surface area contributed by atoms with Gasteiger partial charge >= 0.3 is 5.97 Å². The Morgan fingerprint density at radius 3 is 2.71 bits per heavy atom. The third-order valence-electron chi connectivity index (χ3n) is 2.41. The van der Waals surface area contributed by atoms with Gasteiger partial charge in [0.05, 0.1) is 6.20 Å². The van der Waals surface area contributed by atoms with Gasteiger partial charge < -0.3 is 9.52 Å². The number of carbonyl (C=O) groups is 1. The lowest BCUT2D eigenvalue weighted by atomic mass is 9.84. The number of carboxylic acid groups (broad SMARTS) is 1. The Morgan fingerprint density at radius 2 is 2.18 bits per heavy atom. The van der Waals surface area contributed by atoms with Gasteiger partial charge in [-0.2, -0.15) is 0 Å². The number of aliphatic carboxylic acids is 1. The van der Waals surface area contributed by atoms with Crippen LogP contribution in [0.15, 0.2) is 10.6 Å². The van der Waals surface area contributed by atoms with Gasteiger partial charge in [-0.15, -0.1) is 0 Å². The monoisotopic (exact) mass is 239 g/mol. The summed E-state index contributed by atoms with van der Waals surface area (Å²) in [5, 5.41) is 8.62. The van der Waals surface area contributed by atoms with Crippen LogP contribution in [0.5, 0.6) is 0 Å². The average Bonchev–Trinajstić information content (AvgIpc) is 2.46. The fourth-order valence-corrected chi connectivity index (χ4v) is 2.09. The van der Waals surface area contributed by atoms with Gasteiger partial charge in [-0.05, 0) is 17.8 Å². The molecule has 0 spiro atoms. The zero-order valence-electron chi connectivity index (χ0n) is 11.0. The molecular weight excluding hydrogens is 218 g/mol. The van der Waals surface area contributed by atoms with Crippen molar-refractivity contribution >= 4 is 5.97 Å². The summed E-state index contributed by atoms with van der Waals surface area (Å²) >= 11 is 0. The van der Waals surface area contributed by atoms with E-state index in [0.29, 0.717) is 17.6 Å². The van der Waals surface area contributed by atoms with E-state index in [1.54, 1.807) is 0 Å². The van der Waals surface area contributed by atoms with Gasteiger partial charge in [-0.1, -0.05) is 27.7 Å². The molecule has 4 heteroatoms. The van der Waals surface area contributed by atoms with Gasteiger partial charge in [0, 0.05) is 6.42 Å². The van der Waals surface area contributed by atoms with Crippen molar-refractivity contribution in [3.8, 4) is 0 Å². The van der Waals surface area contributed by atoms with Gasteiger partial charge in [-0.3, -0.25) is 4.79 Å². The van der Waals surface area contributed by atoms with Gasteiger partial charge in [0.15, 0.2) is 5.89 Å². The lowest BCUT2D eigenvalue weighted by Gasteiger charge is -2.22. The van der Waals surface area contributed by atoms with Crippen LogP contribution in [-0.2, 0) is 17.6 Å².